The van der Waals surface area contributed by atoms with Crippen LogP contribution in [0.2, 0.25) is 0 Å². The molecule has 1 atom stereocenters. The van der Waals surface area contributed by atoms with E-state index in [2.05, 4.69) is 5.32 Å². The number of amides is 1. The molecule has 5 heteroatoms. The molecule has 17 heavy (non-hydrogen) atoms. The van der Waals surface area contributed by atoms with Crippen LogP contribution in [0.3, 0.4) is 0 Å². The number of carbonyl (C=O) groups excluding carboxylic acids is 1. The number of halogens is 1. The molecule has 4 nitrogen and oxygen atoms in total. The fourth-order valence-electron chi connectivity index (χ4n) is 2.21. The molecule has 1 aliphatic carbocycles. The normalized spacial score (nSPS) is 30.7. The summed E-state index contributed by atoms with van der Waals surface area (Å²) in [7, 11) is 0. The first-order chi connectivity index (χ1) is 8.15. The number of ether oxygens (including phenoxy) is 1. The Balaban J connectivity index is 1.83. The highest BCUT2D eigenvalue weighted by Gasteiger charge is 2.37. The molecule has 0 aromatic heterocycles. The maximum absolute atomic E-state index is 13.6. The molecule has 90 valence electrons. The molecule has 2 aliphatic rings. The monoisotopic (exact) mass is 237 g/mol. The van der Waals surface area contributed by atoms with E-state index in [0.29, 0.717) is 18.4 Å². The summed E-state index contributed by atoms with van der Waals surface area (Å²) in [5.41, 5.74) is 0.605. The molecule has 0 saturated heterocycles. The lowest BCUT2D eigenvalue weighted by Crippen LogP contribution is -2.38. The summed E-state index contributed by atoms with van der Waals surface area (Å²) in [4.78, 5) is 11.6. The van der Waals surface area contributed by atoms with Gasteiger partial charge in [-0.15, -0.1) is 0 Å². The van der Waals surface area contributed by atoms with Gasteiger partial charge < -0.3 is 15.2 Å². The topological polar surface area (TPSA) is 58.6 Å². The van der Waals surface area contributed by atoms with Gasteiger partial charge in [-0.2, -0.15) is 0 Å². The van der Waals surface area contributed by atoms with Gasteiger partial charge >= 0.3 is 0 Å². The van der Waals surface area contributed by atoms with Crippen LogP contribution in [0.25, 0.3) is 0 Å². The summed E-state index contributed by atoms with van der Waals surface area (Å²) in [6.45, 7) is 0. The molecule has 3 rings (SSSR count). The molecule has 1 aromatic carbocycles. The Bertz CT molecular complexity index is 471. The van der Waals surface area contributed by atoms with E-state index in [-0.39, 0.29) is 23.7 Å². The van der Waals surface area contributed by atoms with E-state index in [0.717, 1.165) is 0 Å². The van der Waals surface area contributed by atoms with E-state index in [4.69, 9.17) is 9.84 Å². The Kier molecular flexibility index (Phi) is 2.38. The van der Waals surface area contributed by atoms with Crippen molar-refractivity contribution in [3.63, 3.8) is 0 Å². The Morgan fingerprint density at radius 2 is 2.18 bits per heavy atom. The van der Waals surface area contributed by atoms with Crippen molar-refractivity contribution in [3.05, 3.63) is 35.1 Å². The number of aliphatic hydroxyl groups excluding tert-OH is 1. The number of rotatable bonds is 2. The van der Waals surface area contributed by atoms with Crippen LogP contribution in [0.15, 0.2) is 18.2 Å². The third-order valence-electron chi connectivity index (χ3n) is 3.22. The standard InChI is InChI=1S/C12H12FNO3/c13-9-3-1-2-8-10(9)12(14-11(8)16)17-7-4-6(15)5-7/h1-3,6-7,12,15H,4-5H2,(H,14,16)/t6-,7+,12?. The van der Waals surface area contributed by atoms with E-state index in [9.17, 15) is 9.18 Å². The van der Waals surface area contributed by atoms with Crippen LogP contribution in [0.5, 0.6) is 0 Å². The van der Waals surface area contributed by atoms with E-state index < -0.39 is 12.0 Å². The van der Waals surface area contributed by atoms with Crippen LogP contribution >= 0.6 is 0 Å². The summed E-state index contributed by atoms with van der Waals surface area (Å²) in [6.07, 6.45) is -0.0963. The molecular weight excluding hydrogens is 225 g/mol. The van der Waals surface area contributed by atoms with Crippen molar-refractivity contribution < 1.29 is 19.0 Å². The van der Waals surface area contributed by atoms with Crippen molar-refractivity contribution in [3.8, 4) is 0 Å². The van der Waals surface area contributed by atoms with Gasteiger partial charge in [0.1, 0.15) is 5.82 Å². The maximum Gasteiger partial charge on any atom is 0.254 e. The van der Waals surface area contributed by atoms with Crippen LogP contribution in [0.1, 0.15) is 35.0 Å². The van der Waals surface area contributed by atoms with Crippen molar-refractivity contribution in [1.29, 1.82) is 0 Å². The number of hydrogen-bond acceptors (Lipinski definition) is 3. The third-order valence-corrected chi connectivity index (χ3v) is 3.22. The lowest BCUT2D eigenvalue weighted by atomic mass is 9.92. The molecule has 0 radical (unpaired) electrons. The third kappa shape index (κ3) is 1.71. The van der Waals surface area contributed by atoms with Crippen LogP contribution < -0.4 is 5.32 Å². The van der Waals surface area contributed by atoms with E-state index >= 15 is 0 Å². The first kappa shape index (κ1) is 10.7. The van der Waals surface area contributed by atoms with Crippen LogP contribution in [-0.2, 0) is 4.74 Å². The van der Waals surface area contributed by atoms with Crippen molar-refractivity contribution in [2.75, 3.05) is 0 Å². The highest BCUT2D eigenvalue weighted by molar-refractivity contribution is 5.98. The van der Waals surface area contributed by atoms with Gasteiger partial charge in [0, 0.05) is 5.56 Å². The van der Waals surface area contributed by atoms with Crippen LogP contribution in [0, 0.1) is 5.82 Å². The number of hydrogen-bond donors (Lipinski definition) is 2. The number of fused-ring (bicyclic) bond motifs is 1. The van der Waals surface area contributed by atoms with E-state index in [1.165, 1.54) is 12.1 Å². The molecule has 1 heterocycles. The smallest absolute Gasteiger partial charge is 0.254 e. The Labute approximate surface area is 97.4 Å². The predicted octanol–water partition coefficient (Wildman–Crippen LogP) is 1.11. The quantitative estimate of drug-likeness (QED) is 0.810. The molecule has 2 N–H and O–H groups in total. The zero-order valence-electron chi connectivity index (χ0n) is 9.02. The summed E-state index contributed by atoms with van der Waals surface area (Å²) < 4.78 is 19.2. The van der Waals surface area contributed by atoms with Gasteiger partial charge in [-0.05, 0) is 25.0 Å². The number of benzene rings is 1. The molecule has 1 unspecified atom stereocenters. The maximum atomic E-state index is 13.6. The summed E-state index contributed by atoms with van der Waals surface area (Å²) in [5, 5.41) is 11.7. The van der Waals surface area contributed by atoms with Crippen LogP contribution in [-0.4, -0.2) is 23.2 Å². The minimum atomic E-state index is -0.726. The van der Waals surface area contributed by atoms with Crippen molar-refractivity contribution >= 4 is 5.91 Å². The molecule has 1 aromatic rings. The largest absolute Gasteiger partial charge is 0.393 e. The first-order valence-electron chi connectivity index (χ1n) is 5.58. The summed E-state index contributed by atoms with van der Waals surface area (Å²) >= 11 is 0. The molecular formula is C12H12FNO3. The van der Waals surface area contributed by atoms with Crippen molar-refractivity contribution in [2.45, 2.75) is 31.3 Å². The van der Waals surface area contributed by atoms with Crippen LogP contribution in [0.4, 0.5) is 4.39 Å². The fourth-order valence-corrected chi connectivity index (χ4v) is 2.21. The lowest BCUT2D eigenvalue weighted by molar-refractivity contribution is -0.110. The molecule has 1 aliphatic heterocycles. The van der Waals surface area contributed by atoms with Gasteiger partial charge in [0.2, 0.25) is 0 Å². The van der Waals surface area contributed by atoms with Gasteiger partial charge in [0.05, 0.1) is 17.8 Å². The first-order valence-corrected chi connectivity index (χ1v) is 5.58. The van der Waals surface area contributed by atoms with Gasteiger partial charge in [0.25, 0.3) is 5.91 Å². The van der Waals surface area contributed by atoms with Gasteiger partial charge in [-0.25, -0.2) is 4.39 Å². The molecule has 1 fully saturated rings. The van der Waals surface area contributed by atoms with Crippen molar-refractivity contribution in [2.24, 2.45) is 0 Å². The zero-order valence-corrected chi connectivity index (χ0v) is 9.02. The van der Waals surface area contributed by atoms with Gasteiger partial charge in [-0.1, -0.05) is 6.07 Å². The highest BCUT2D eigenvalue weighted by Crippen LogP contribution is 2.33. The van der Waals surface area contributed by atoms with Gasteiger partial charge in [0.15, 0.2) is 6.23 Å². The molecule has 0 bridgehead atoms. The average Bonchev–Trinajstić information content (AvgIpc) is 2.55. The SMILES string of the molecule is O=C1NC(O[C@H]2C[C@@H](O)C2)c2c(F)cccc21. The zero-order chi connectivity index (χ0) is 12.0. The Morgan fingerprint density at radius 3 is 2.88 bits per heavy atom. The second kappa shape index (κ2) is 3.78. The summed E-state index contributed by atoms with van der Waals surface area (Å²) in [5.74, 6) is -0.755. The van der Waals surface area contributed by atoms with E-state index in [1.54, 1.807) is 6.07 Å². The molecule has 1 saturated carbocycles. The highest BCUT2D eigenvalue weighted by atomic mass is 19.1. The second-order valence-corrected chi connectivity index (χ2v) is 4.44. The summed E-state index contributed by atoms with van der Waals surface area (Å²) in [6, 6.07) is 4.39. The Hall–Kier alpha value is -1.46. The molecule has 1 amide bonds. The lowest BCUT2D eigenvalue weighted by Gasteiger charge is -2.33. The number of carbonyl (C=O) groups is 1. The predicted molar refractivity (Wildman–Crippen MR) is 56.7 cm³/mol. The fraction of sp³-hybridized carbons (Fsp3) is 0.417. The van der Waals surface area contributed by atoms with Gasteiger partial charge in [-0.3, -0.25) is 4.79 Å². The minimum Gasteiger partial charge on any atom is -0.393 e. The molecule has 0 spiro atoms. The average molecular weight is 237 g/mol. The van der Waals surface area contributed by atoms with Crippen molar-refractivity contribution in [1.82, 2.24) is 5.32 Å². The number of nitrogens with one attached hydrogen (secondary N) is 1. The number of aliphatic hydroxyl groups is 1. The second-order valence-electron chi connectivity index (χ2n) is 4.44. The van der Waals surface area contributed by atoms with E-state index in [1.807, 2.05) is 0 Å². The Morgan fingerprint density at radius 1 is 1.41 bits per heavy atom. The minimum absolute atomic E-state index is 0.110.